The van der Waals surface area contributed by atoms with E-state index in [0.29, 0.717) is 10.6 Å². The van der Waals surface area contributed by atoms with E-state index in [1.54, 1.807) is 30.3 Å². The molecular weight excluding hydrogens is 302 g/mol. The minimum Gasteiger partial charge on any atom is -0.322 e. The molecule has 0 unspecified atom stereocenters. The number of benzene rings is 2. The molecule has 0 saturated carbocycles. The van der Waals surface area contributed by atoms with Gasteiger partial charge in [0, 0.05) is 15.2 Å². The van der Waals surface area contributed by atoms with E-state index in [-0.39, 0.29) is 5.91 Å². The normalized spacial score (nSPS) is 10.0. The molecule has 0 bridgehead atoms. The molecule has 0 radical (unpaired) electrons. The molecule has 86 valence electrons. The molecule has 17 heavy (non-hydrogen) atoms. The average Bonchev–Trinajstić information content (AvgIpc) is 2.32. The molecule has 0 heterocycles. The second-order valence-electron chi connectivity index (χ2n) is 3.44. The molecule has 1 N–H and O–H groups in total. The zero-order valence-corrected chi connectivity index (χ0v) is 11.1. The fourth-order valence-corrected chi connectivity index (χ4v) is 1.97. The molecule has 2 aromatic rings. The van der Waals surface area contributed by atoms with Gasteiger partial charge in [0.05, 0.1) is 5.56 Å². The Morgan fingerprint density at radius 1 is 1.06 bits per heavy atom. The Balaban J connectivity index is 2.17. The predicted molar refractivity (Wildman–Crippen MR) is 73.5 cm³/mol. The molecule has 0 aliphatic carbocycles. The molecule has 1 amide bonds. The molecule has 0 aliphatic heterocycles. The number of nitrogens with one attached hydrogen (secondary N) is 1. The summed E-state index contributed by atoms with van der Waals surface area (Å²) < 4.78 is 0.770. The van der Waals surface area contributed by atoms with Crippen LogP contribution in [0.1, 0.15) is 10.4 Å². The first-order valence-corrected chi connectivity index (χ1v) is 6.15. The summed E-state index contributed by atoms with van der Waals surface area (Å²) in [6.07, 6.45) is 0. The van der Waals surface area contributed by atoms with Crippen LogP contribution in [0.2, 0.25) is 5.02 Å². The van der Waals surface area contributed by atoms with Crippen LogP contribution < -0.4 is 5.32 Å². The summed E-state index contributed by atoms with van der Waals surface area (Å²) in [5, 5.41) is 3.44. The van der Waals surface area contributed by atoms with Gasteiger partial charge in [-0.3, -0.25) is 4.79 Å². The lowest BCUT2D eigenvalue weighted by Gasteiger charge is -2.06. The minimum absolute atomic E-state index is 0.153. The number of hydrogen-bond donors (Lipinski definition) is 1. The van der Waals surface area contributed by atoms with Crippen LogP contribution >= 0.6 is 27.5 Å². The summed E-state index contributed by atoms with van der Waals surface area (Å²) in [5.74, 6) is -0.153. The van der Waals surface area contributed by atoms with Crippen molar-refractivity contribution in [1.82, 2.24) is 0 Å². The van der Waals surface area contributed by atoms with Crippen molar-refractivity contribution in [3.05, 3.63) is 63.6 Å². The number of carbonyl (C=O) groups excluding carboxylic acids is 1. The van der Waals surface area contributed by atoms with E-state index in [1.807, 2.05) is 18.2 Å². The highest BCUT2D eigenvalue weighted by atomic mass is 79.9. The molecule has 4 heteroatoms. The first-order valence-electron chi connectivity index (χ1n) is 4.98. The van der Waals surface area contributed by atoms with E-state index in [9.17, 15) is 4.79 Å². The van der Waals surface area contributed by atoms with Gasteiger partial charge >= 0.3 is 0 Å². The number of amides is 1. The summed E-state index contributed by atoms with van der Waals surface area (Å²) in [5.41, 5.74) is 1.32. The number of rotatable bonds is 2. The summed E-state index contributed by atoms with van der Waals surface area (Å²) in [6.45, 7) is 0. The van der Waals surface area contributed by atoms with Crippen molar-refractivity contribution >= 4 is 39.1 Å². The second-order valence-corrected chi connectivity index (χ2v) is 4.73. The van der Waals surface area contributed by atoms with Crippen LogP contribution in [0.3, 0.4) is 0 Å². The summed E-state index contributed by atoms with van der Waals surface area (Å²) in [4.78, 5) is 11.9. The number of anilines is 1. The Kier molecular flexibility index (Phi) is 3.82. The number of carbonyl (C=O) groups is 1. The molecule has 0 atom stereocenters. The fourth-order valence-electron chi connectivity index (χ4n) is 1.38. The first-order chi connectivity index (χ1) is 8.16. The van der Waals surface area contributed by atoms with Crippen molar-refractivity contribution in [2.75, 3.05) is 5.32 Å². The van der Waals surface area contributed by atoms with Crippen LogP contribution in [-0.4, -0.2) is 5.91 Å². The van der Waals surface area contributed by atoms with E-state index in [1.165, 1.54) is 0 Å². The van der Waals surface area contributed by atoms with Gasteiger partial charge < -0.3 is 5.32 Å². The summed E-state index contributed by atoms with van der Waals surface area (Å²) in [6, 6.07) is 14.3. The molecule has 0 aromatic heterocycles. The van der Waals surface area contributed by atoms with Gasteiger partial charge in [-0.1, -0.05) is 23.7 Å². The lowest BCUT2D eigenvalue weighted by molar-refractivity contribution is 0.102. The largest absolute Gasteiger partial charge is 0.322 e. The lowest BCUT2D eigenvalue weighted by atomic mass is 10.2. The van der Waals surface area contributed by atoms with Crippen LogP contribution in [0.15, 0.2) is 53.0 Å². The number of halogens is 2. The monoisotopic (exact) mass is 309 g/mol. The van der Waals surface area contributed by atoms with Crippen molar-refractivity contribution in [2.24, 2.45) is 0 Å². The third-order valence-electron chi connectivity index (χ3n) is 2.22. The maximum absolute atomic E-state index is 11.9. The Morgan fingerprint density at radius 2 is 1.71 bits per heavy atom. The summed E-state index contributed by atoms with van der Waals surface area (Å²) in [7, 11) is 0. The molecule has 2 rings (SSSR count). The van der Waals surface area contributed by atoms with E-state index in [2.05, 4.69) is 21.2 Å². The smallest absolute Gasteiger partial charge is 0.256 e. The Labute approximate surface area is 113 Å². The van der Waals surface area contributed by atoms with Gasteiger partial charge in [0.15, 0.2) is 0 Å². The minimum atomic E-state index is -0.153. The van der Waals surface area contributed by atoms with Crippen LogP contribution in [0, 0.1) is 0 Å². The third-order valence-corrected chi connectivity index (χ3v) is 3.16. The van der Waals surface area contributed by atoms with Gasteiger partial charge in [0.2, 0.25) is 0 Å². The molecular formula is C13H9BrClNO. The van der Waals surface area contributed by atoms with Gasteiger partial charge in [-0.2, -0.15) is 0 Å². The van der Waals surface area contributed by atoms with Gasteiger partial charge in [0.1, 0.15) is 0 Å². The molecule has 2 aromatic carbocycles. The van der Waals surface area contributed by atoms with Crippen LogP contribution in [0.25, 0.3) is 0 Å². The van der Waals surface area contributed by atoms with Crippen LogP contribution in [0.4, 0.5) is 5.69 Å². The second kappa shape index (κ2) is 5.34. The zero-order chi connectivity index (χ0) is 12.3. The van der Waals surface area contributed by atoms with Crippen molar-refractivity contribution in [3.63, 3.8) is 0 Å². The maximum atomic E-state index is 11.9. The van der Waals surface area contributed by atoms with Crippen molar-refractivity contribution in [2.45, 2.75) is 0 Å². The van der Waals surface area contributed by atoms with E-state index < -0.39 is 0 Å². The molecule has 2 nitrogen and oxygen atoms in total. The standard InChI is InChI=1S/C13H9BrClNO/c14-12-4-2-1-3-11(12)13(17)16-10-7-5-9(15)6-8-10/h1-8H,(H,16,17). The molecule has 0 saturated heterocycles. The topological polar surface area (TPSA) is 29.1 Å². The van der Waals surface area contributed by atoms with Crippen molar-refractivity contribution in [3.8, 4) is 0 Å². The Morgan fingerprint density at radius 3 is 2.35 bits per heavy atom. The van der Waals surface area contributed by atoms with Crippen LogP contribution in [0.5, 0.6) is 0 Å². The van der Waals surface area contributed by atoms with Gasteiger partial charge in [-0.25, -0.2) is 0 Å². The zero-order valence-electron chi connectivity index (χ0n) is 8.78. The molecule has 0 spiro atoms. The predicted octanol–water partition coefficient (Wildman–Crippen LogP) is 4.35. The molecule has 0 fully saturated rings. The molecule has 0 aliphatic rings. The highest BCUT2D eigenvalue weighted by Crippen LogP contribution is 2.18. The van der Waals surface area contributed by atoms with Crippen molar-refractivity contribution < 1.29 is 4.79 Å². The first kappa shape index (κ1) is 12.1. The Hall–Kier alpha value is -1.32. The third kappa shape index (κ3) is 3.08. The fraction of sp³-hybridized carbons (Fsp3) is 0. The highest BCUT2D eigenvalue weighted by molar-refractivity contribution is 9.10. The highest BCUT2D eigenvalue weighted by Gasteiger charge is 2.08. The van der Waals surface area contributed by atoms with E-state index in [0.717, 1.165) is 10.2 Å². The summed E-state index contributed by atoms with van der Waals surface area (Å²) >= 11 is 9.11. The van der Waals surface area contributed by atoms with Gasteiger partial charge in [-0.05, 0) is 52.3 Å². The van der Waals surface area contributed by atoms with E-state index >= 15 is 0 Å². The quantitative estimate of drug-likeness (QED) is 0.877. The lowest BCUT2D eigenvalue weighted by Crippen LogP contribution is -2.12. The average molecular weight is 311 g/mol. The van der Waals surface area contributed by atoms with Crippen LogP contribution in [-0.2, 0) is 0 Å². The van der Waals surface area contributed by atoms with Crippen molar-refractivity contribution in [1.29, 1.82) is 0 Å². The maximum Gasteiger partial charge on any atom is 0.256 e. The Bertz CT molecular complexity index is 539. The van der Waals surface area contributed by atoms with Gasteiger partial charge in [0.25, 0.3) is 5.91 Å². The number of hydrogen-bond acceptors (Lipinski definition) is 1. The van der Waals surface area contributed by atoms with Gasteiger partial charge in [-0.15, -0.1) is 0 Å². The van der Waals surface area contributed by atoms with E-state index in [4.69, 9.17) is 11.6 Å². The SMILES string of the molecule is O=C(Nc1ccc(Cl)cc1)c1ccccc1Br.